The van der Waals surface area contributed by atoms with Crippen molar-refractivity contribution in [1.29, 1.82) is 5.26 Å². The minimum Gasteiger partial charge on any atom is -0.480 e. The molecule has 0 heterocycles. The van der Waals surface area contributed by atoms with Crippen LogP contribution in [-0.2, 0) is 4.79 Å². The largest absolute Gasteiger partial charge is 0.480 e. The van der Waals surface area contributed by atoms with Crippen LogP contribution in [0.25, 0.3) is 0 Å². The van der Waals surface area contributed by atoms with Gasteiger partial charge in [0.2, 0.25) is 0 Å². The van der Waals surface area contributed by atoms with Crippen LogP contribution in [0.5, 0.6) is 5.75 Å². The number of nitrogens with zero attached hydrogens (tertiary/aromatic N) is 1. The number of para-hydroxylation sites is 1. The molecule has 19 heavy (non-hydrogen) atoms. The fourth-order valence-corrected chi connectivity index (χ4v) is 1.27. The van der Waals surface area contributed by atoms with Crippen LogP contribution in [0.4, 0.5) is 4.39 Å². The third-order valence-electron chi connectivity index (χ3n) is 2.10. The number of aromatic carboxylic acids is 1. The van der Waals surface area contributed by atoms with Gasteiger partial charge in [-0.25, -0.2) is 9.18 Å². The quantitative estimate of drug-likeness (QED) is 0.746. The first-order valence-corrected chi connectivity index (χ1v) is 5.34. The average molecular weight is 266 g/mol. The highest BCUT2D eigenvalue weighted by Gasteiger charge is 2.16. The van der Waals surface area contributed by atoms with E-state index in [-0.39, 0.29) is 18.5 Å². The van der Waals surface area contributed by atoms with Crippen molar-refractivity contribution in [3.63, 3.8) is 0 Å². The molecule has 0 spiro atoms. The second-order valence-electron chi connectivity index (χ2n) is 3.47. The van der Waals surface area contributed by atoms with Gasteiger partial charge in [-0.05, 0) is 12.1 Å². The number of nitrogens with one attached hydrogen (secondary N) is 1. The normalized spacial score (nSPS) is 9.47. The molecule has 0 aliphatic rings. The number of hydrogen-bond donors (Lipinski definition) is 2. The minimum absolute atomic E-state index is 0.145. The van der Waals surface area contributed by atoms with E-state index in [1.54, 1.807) is 0 Å². The summed E-state index contributed by atoms with van der Waals surface area (Å²) in [6, 6.07) is 5.28. The van der Waals surface area contributed by atoms with Gasteiger partial charge in [0.25, 0.3) is 5.91 Å². The lowest BCUT2D eigenvalue weighted by atomic mass is 10.2. The zero-order chi connectivity index (χ0) is 14.3. The molecule has 1 aromatic carbocycles. The van der Waals surface area contributed by atoms with Crippen molar-refractivity contribution >= 4 is 11.9 Å². The molecule has 0 unspecified atom stereocenters. The Morgan fingerprint density at radius 1 is 1.47 bits per heavy atom. The second-order valence-corrected chi connectivity index (χ2v) is 3.47. The molecule has 0 bridgehead atoms. The SMILES string of the molecule is N#CCCNC(=O)COc1c(F)cccc1C(=O)O. The van der Waals surface area contributed by atoms with Crippen molar-refractivity contribution in [2.75, 3.05) is 13.2 Å². The van der Waals surface area contributed by atoms with Gasteiger partial charge in [0.05, 0.1) is 12.5 Å². The van der Waals surface area contributed by atoms with Crippen LogP contribution in [0.1, 0.15) is 16.8 Å². The molecule has 7 heteroatoms. The minimum atomic E-state index is -1.35. The Labute approximate surface area is 108 Å². The van der Waals surface area contributed by atoms with Crippen molar-refractivity contribution in [3.05, 3.63) is 29.6 Å². The maximum Gasteiger partial charge on any atom is 0.339 e. The fraction of sp³-hybridized carbons (Fsp3) is 0.250. The van der Waals surface area contributed by atoms with Crippen LogP contribution in [0, 0.1) is 17.1 Å². The third kappa shape index (κ3) is 4.27. The van der Waals surface area contributed by atoms with Crippen LogP contribution in [0.2, 0.25) is 0 Å². The summed E-state index contributed by atoms with van der Waals surface area (Å²) in [7, 11) is 0. The topological polar surface area (TPSA) is 99.4 Å². The van der Waals surface area contributed by atoms with Crippen LogP contribution < -0.4 is 10.1 Å². The van der Waals surface area contributed by atoms with Gasteiger partial charge in [0.1, 0.15) is 5.56 Å². The molecule has 0 atom stereocenters. The van der Waals surface area contributed by atoms with E-state index in [0.29, 0.717) is 0 Å². The van der Waals surface area contributed by atoms with Crippen LogP contribution in [0.3, 0.4) is 0 Å². The summed E-state index contributed by atoms with van der Waals surface area (Å²) in [6.07, 6.45) is 0.145. The molecule has 0 aliphatic heterocycles. The van der Waals surface area contributed by atoms with Crippen molar-refractivity contribution in [2.24, 2.45) is 0 Å². The number of benzene rings is 1. The Morgan fingerprint density at radius 3 is 2.84 bits per heavy atom. The zero-order valence-corrected chi connectivity index (χ0v) is 9.85. The lowest BCUT2D eigenvalue weighted by molar-refractivity contribution is -0.123. The monoisotopic (exact) mass is 266 g/mol. The van der Waals surface area contributed by atoms with Crippen molar-refractivity contribution in [1.82, 2.24) is 5.32 Å². The molecule has 6 nitrogen and oxygen atoms in total. The first kappa shape index (κ1) is 14.4. The second kappa shape index (κ2) is 6.96. The molecular formula is C12H11FN2O4. The van der Waals surface area contributed by atoms with E-state index in [9.17, 15) is 14.0 Å². The maximum absolute atomic E-state index is 13.4. The summed E-state index contributed by atoms with van der Waals surface area (Å²) in [4.78, 5) is 22.1. The number of carbonyl (C=O) groups excluding carboxylic acids is 1. The molecule has 2 N–H and O–H groups in total. The lowest BCUT2D eigenvalue weighted by Crippen LogP contribution is -2.30. The summed E-state index contributed by atoms with van der Waals surface area (Å²) in [5.74, 6) is -3.25. The van der Waals surface area contributed by atoms with E-state index >= 15 is 0 Å². The van der Waals surface area contributed by atoms with E-state index < -0.39 is 30.1 Å². The number of carboxylic acid groups (broad SMARTS) is 1. The van der Waals surface area contributed by atoms with E-state index in [0.717, 1.165) is 6.07 Å². The highest BCUT2D eigenvalue weighted by Crippen LogP contribution is 2.22. The van der Waals surface area contributed by atoms with Gasteiger partial charge in [-0.15, -0.1) is 0 Å². The van der Waals surface area contributed by atoms with Crippen molar-refractivity contribution < 1.29 is 23.8 Å². The highest BCUT2D eigenvalue weighted by molar-refractivity contribution is 5.91. The average Bonchev–Trinajstić information content (AvgIpc) is 2.37. The summed E-state index contributed by atoms with van der Waals surface area (Å²) < 4.78 is 18.3. The van der Waals surface area contributed by atoms with E-state index in [4.69, 9.17) is 15.1 Å². The van der Waals surface area contributed by atoms with Crippen molar-refractivity contribution in [3.8, 4) is 11.8 Å². The molecule has 0 fully saturated rings. The lowest BCUT2D eigenvalue weighted by Gasteiger charge is -2.09. The van der Waals surface area contributed by atoms with E-state index in [1.807, 2.05) is 6.07 Å². The van der Waals surface area contributed by atoms with Gasteiger partial charge in [-0.3, -0.25) is 4.79 Å². The molecular weight excluding hydrogens is 255 g/mol. The summed E-state index contributed by atoms with van der Waals surface area (Å²) >= 11 is 0. The molecule has 0 saturated carbocycles. The predicted octanol–water partition coefficient (Wildman–Crippen LogP) is 0.933. The Morgan fingerprint density at radius 2 is 2.21 bits per heavy atom. The van der Waals surface area contributed by atoms with Gasteiger partial charge in [0.15, 0.2) is 18.2 Å². The molecule has 0 aromatic heterocycles. The number of amides is 1. The molecule has 1 amide bonds. The van der Waals surface area contributed by atoms with Gasteiger partial charge in [-0.1, -0.05) is 6.07 Å². The zero-order valence-electron chi connectivity index (χ0n) is 9.85. The number of rotatable bonds is 6. The molecule has 0 saturated heterocycles. The summed E-state index contributed by atoms with van der Waals surface area (Å²) in [5, 5.41) is 19.5. The number of carboxylic acids is 1. The molecule has 0 aliphatic carbocycles. The molecule has 1 rings (SSSR count). The third-order valence-corrected chi connectivity index (χ3v) is 2.10. The van der Waals surface area contributed by atoms with Gasteiger partial charge >= 0.3 is 5.97 Å². The first-order chi connectivity index (χ1) is 9.06. The van der Waals surface area contributed by atoms with Crippen LogP contribution in [-0.4, -0.2) is 30.1 Å². The maximum atomic E-state index is 13.4. The number of ether oxygens (including phenoxy) is 1. The van der Waals surface area contributed by atoms with Crippen molar-refractivity contribution in [2.45, 2.75) is 6.42 Å². The van der Waals surface area contributed by atoms with Gasteiger partial charge in [-0.2, -0.15) is 5.26 Å². The van der Waals surface area contributed by atoms with Gasteiger partial charge in [0, 0.05) is 6.54 Å². The number of halogens is 1. The highest BCUT2D eigenvalue weighted by atomic mass is 19.1. The van der Waals surface area contributed by atoms with Crippen LogP contribution >= 0.6 is 0 Å². The standard InChI is InChI=1S/C12H11FN2O4/c13-9-4-1-3-8(12(17)18)11(9)19-7-10(16)15-6-2-5-14/h1,3-4H,2,6-7H2,(H,15,16)(H,17,18). The first-order valence-electron chi connectivity index (χ1n) is 5.34. The number of nitriles is 1. The number of carbonyl (C=O) groups is 2. The van der Waals surface area contributed by atoms with E-state index in [2.05, 4.69) is 5.32 Å². The smallest absolute Gasteiger partial charge is 0.339 e. The molecule has 0 radical (unpaired) electrons. The van der Waals surface area contributed by atoms with Crippen LogP contribution in [0.15, 0.2) is 18.2 Å². The Bertz CT molecular complexity index is 525. The Kier molecular flexibility index (Phi) is 5.29. The Balaban J connectivity index is 2.65. The number of hydrogen-bond acceptors (Lipinski definition) is 4. The Hall–Kier alpha value is -2.62. The molecule has 1 aromatic rings. The predicted molar refractivity (Wildman–Crippen MR) is 62.1 cm³/mol. The van der Waals surface area contributed by atoms with Gasteiger partial charge < -0.3 is 15.2 Å². The summed E-state index contributed by atoms with van der Waals surface area (Å²) in [6.45, 7) is -0.367. The van der Waals surface area contributed by atoms with E-state index in [1.165, 1.54) is 12.1 Å². The fourth-order valence-electron chi connectivity index (χ4n) is 1.27. The molecule has 100 valence electrons. The summed E-state index contributed by atoms with van der Waals surface area (Å²) in [5.41, 5.74) is -0.357.